The highest BCUT2D eigenvalue weighted by molar-refractivity contribution is 7.81. The van der Waals surface area contributed by atoms with Gasteiger partial charge < -0.3 is 25.8 Å². The van der Waals surface area contributed by atoms with Crippen molar-refractivity contribution in [2.24, 2.45) is 0 Å². The number of fused-ring (bicyclic) bond motifs is 1. The number of carbonyl (C=O) groups excluding carboxylic acids is 2. The molecular weight excluding hydrogens is 477 g/mol. The number of aliphatic carboxylic acids is 2. The van der Waals surface area contributed by atoms with E-state index in [4.69, 9.17) is 0 Å². The third kappa shape index (κ3) is 7.06. The summed E-state index contributed by atoms with van der Waals surface area (Å²) in [5.74, 6) is -4.78. The predicted molar refractivity (Wildman–Crippen MR) is 129 cm³/mol. The lowest BCUT2D eigenvalue weighted by Crippen LogP contribution is -2.54. The Kier molecular flexibility index (Phi) is 8.48. The Morgan fingerprint density at radius 3 is 2.23 bits per heavy atom. The molecule has 3 unspecified atom stereocenters. The van der Waals surface area contributed by atoms with Crippen molar-refractivity contribution in [3.63, 3.8) is 0 Å². The van der Waals surface area contributed by atoms with Gasteiger partial charge in [-0.15, -0.1) is 0 Å². The van der Waals surface area contributed by atoms with Crippen LogP contribution in [0, 0.1) is 5.82 Å². The van der Waals surface area contributed by atoms with Crippen LogP contribution in [0.4, 0.5) is 4.39 Å². The maximum absolute atomic E-state index is 13.1. The van der Waals surface area contributed by atoms with E-state index in [1.165, 1.54) is 24.3 Å². The summed E-state index contributed by atoms with van der Waals surface area (Å²) in [6, 6.07) is 9.80. The normalized spacial score (nSPS) is 13.5. The Hall–Kier alpha value is -3.86. The number of carboxylic acid groups (broad SMARTS) is 2. The standard InChI is InChI=1S/C24H24FN3O6S/c25-15-7-5-13(6-8-15)9-20(35)23(32)27-18(11-21(29)30)22(31)28-19(24(33)34)10-14-12-26-17-4-2-1-3-16(14)17/h1-8,12,18-20,26,35H,9-11H2,(H,27,32)(H,28,31)(H,29,30)(H,33,34). The lowest BCUT2D eigenvalue weighted by Gasteiger charge is -2.22. The van der Waals surface area contributed by atoms with Gasteiger partial charge in [0, 0.05) is 23.5 Å². The number of hydrogen-bond donors (Lipinski definition) is 6. The first-order valence-electron chi connectivity index (χ1n) is 10.7. The number of hydrogen-bond acceptors (Lipinski definition) is 5. The maximum Gasteiger partial charge on any atom is 0.326 e. The highest BCUT2D eigenvalue weighted by Gasteiger charge is 2.30. The first-order valence-corrected chi connectivity index (χ1v) is 11.2. The third-order valence-corrected chi connectivity index (χ3v) is 5.79. The topological polar surface area (TPSA) is 149 Å². The molecule has 1 heterocycles. The van der Waals surface area contributed by atoms with E-state index in [-0.39, 0.29) is 12.8 Å². The van der Waals surface area contributed by atoms with E-state index in [0.29, 0.717) is 11.1 Å². The molecule has 0 aliphatic carbocycles. The summed E-state index contributed by atoms with van der Waals surface area (Å²) < 4.78 is 13.1. The van der Waals surface area contributed by atoms with Crippen LogP contribution in [0.2, 0.25) is 0 Å². The minimum absolute atomic E-state index is 0.0570. The van der Waals surface area contributed by atoms with Gasteiger partial charge in [-0.25, -0.2) is 9.18 Å². The molecule has 11 heteroatoms. The van der Waals surface area contributed by atoms with Crippen LogP contribution >= 0.6 is 12.6 Å². The van der Waals surface area contributed by atoms with E-state index in [0.717, 1.165) is 10.9 Å². The van der Waals surface area contributed by atoms with Gasteiger partial charge in [0.1, 0.15) is 17.9 Å². The summed E-state index contributed by atoms with van der Waals surface area (Å²) in [6.45, 7) is 0. The molecule has 3 rings (SSSR count). The molecule has 9 nitrogen and oxygen atoms in total. The number of aromatic nitrogens is 1. The molecule has 0 spiro atoms. The van der Waals surface area contributed by atoms with Gasteiger partial charge in [0.25, 0.3) is 0 Å². The fraction of sp³-hybridized carbons (Fsp3) is 0.250. The number of para-hydroxylation sites is 1. The van der Waals surface area contributed by atoms with Crippen LogP contribution in [0.5, 0.6) is 0 Å². The zero-order chi connectivity index (χ0) is 25.5. The highest BCUT2D eigenvalue weighted by atomic mass is 32.1. The number of carbonyl (C=O) groups is 4. The van der Waals surface area contributed by atoms with Crippen molar-refractivity contribution in [2.75, 3.05) is 0 Å². The summed E-state index contributed by atoms with van der Waals surface area (Å²) in [4.78, 5) is 51.6. The molecule has 0 aliphatic rings. The van der Waals surface area contributed by atoms with Crippen LogP contribution in [-0.4, -0.2) is 56.3 Å². The lowest BCUT2D eigenvalue weighted by molar-refractivity contribution is -0.143. The second-order valence-electron chi connectivity index (χ2n) is 7.97. The minimum Gasteiger partial charge on any atom is -0.481 e. The van der Waals surface area contributed by atoms with E-state index in [9.17, 15) is 33.8 Å². The Morgan fingerprint density at radius 2 is 1.57 bits per heavy atom. The molecule has 3 atom stereocenters. The first kappa shape index (κ1) is 25.8. The number of nitrogens with one attached hydrogen (secondary N) is 3. The molecular formula is C24H24FN3O6S. The summed E-state index contributed by atoms with van der Waals surface area (Å²) in [5.41, 5.74) is 2.07. The van der Waals surface area contributed by atoms with E-state index >= 15 is 0 Å². The van der Waals surface area contributed by atoms with E-state index in [1.807, 2.05) is 18.2 Å². The van der Waals surface area contributed by atoms with Crippen LogP contribution in [0.3, 0.4) is 0 Å². The number of H-pyrrole nitrogens is 1. The van der Waals surface area contributed by atoms with Crippen molar-refractivity contribution in [1.29, 1.82) is 0 Å². The summed E-state index contributed by atoms with van der Waals surface area (Å²) in [5, 5.41) is 23.4. The minimum atomic E-state index is -1.52. The molecule has 184 valence electrons. The van der Waals surface area contributed by atoms with Crippen molar-refractivity contribution < 1.29 is 33.8 Å². The fourth-order valence-electron chi connectivity index (χ4n) is 3.58. The largest absolute Gasteiger partial charge is 0.481 e. The van der Waals surface area contributed by atoms with Gasteiger partial charge in [-0.05, 0) is 35.7 Å². The van der Waals surface area contributed by atoms with Crippen molar-refractivity contribution in [3.05, 3.63) is 71.7 Å². The number of amides is 2. The molecule has 5 N–H and O–H groups in total. The molecule has 2 aromatic carbocycles. The Bertz CT molecular complexity index is 1230. The smallest absolute Gasteiger partial charge is 0.326 e. The van der Waals surface area contributed by atoms with Gasteiger partial charge in [0.2, 0.25) is 11.8 Å². The molecule has 0 aliphatic heterocycles. The molecule has 0 fully saturated rings. The van der Waals surface area contributed by atoms with Gasteiger partial charge in [-0.3, -0.25) is 14.4 Å². The van der Waals surface area contributed by atoms with E-state index in [1.54, 1.807) is 12.3 Å². The second kappa shape index (κ2) is 11.5. The van der Waals surface area contributed by atoms with Crippen LogP contribution in [-0.2, 0) is 32.0 Å². The highest BCUT2D eigenvalue weighted by Crippen LogP contribution is 2.19. The van der Waals surface area contributed by atoms with Gasteiger partial charge in [-0.1, -0.05) is 30.3 Å². The summed E-state index contributed by atoms with van der Waals surface area (Å²) in [7, 11) is 0. The van der Waals surface area contributed by atoms with Crippen molar-refractivity contribution in [2.45, 2.75) is 36.6 Å². The molecule has 0 bridgehead atoms. The zero-order valence-corrected chi connectivity index (χ0v) is 19.3. The van der Waals surface area contributed by atoms with Gasteiger partial charge in [0.05, 0.1) is 11.7 Å². The van der Waals surface area contributed by atoms with Gasteiger partial charge in [-0.2, -0.15) is 12.6 Å². The van der Waals surface area contributed by atoms with Crippen molar-refractivity contribution >= 4 is 47.3 Å². The zero-order valence-electron chi connectivity index (χ0n) is 18.4. The number of thiol groups is 1. The predicted octanol–water partition coefficient (Wildman–Crippen LogP) is 1.92. The molecule has 0 saturated carbocycles. The molecule has 0 saturated heterocycles. The quantitative estimate of drug-likeness (QED) is 0.221. The average Bonchev–Trinajstić information content (AvgIpc) is 3.22. The Balaban J connectivity index is 1.68. The number of carboxylic acids is 2. The SMILES string of the molecule is O=C(O)CC(NC(=O)C(S)Cc1ccc(F)cc1)C(=O)NC(Cc1c[nH]c2ccccc12)C(=O)O. The number of halogens is 1. The van der Waals surface area contributed by atoms with Crippen LogP contribution in [0.1, 0.15) is 17.5 Å². The van der Waals surface area contributed by atoms with Gasteiger partial charge >= 0.3 is 11.9 Å². The monoisotopic (exact) mass is 501 g/mol. The molecule has 35 heavy (non-hydrogen) atoms. The maximum atomic E-state index is 13.1. The Morgan fingerprint density at radius 1 is 0.914 bits per heavy atom. The van der Waals surface area contributed by atoms with Gasteiger partial charge in [0.15, 0.2) is 0 Å². The molecule has 0 radical (unpaired) electrons. The molecule has 2 amide bonds. The van der Waals surface area contributed by atoms with Crippen LogP contribution < -0.4 is 10.6 Å². The molecule has 3 aromatic rings. The first-order chi connectivity index (χ1) is 16.6. The van der Waals surface area contributed by atoms with Crippen LogP contribution in [0.25, 0.3) is 10.9 Å². The van der Waals surface area contributed by atoms with E-state index in [2.05, 4.69) is 28.2 Å². The number of benzene rings is 2. The number of rotatable bonds is 11. The van der Waals surface area contributed by atoms with E-state index < -0.39 is 53.3 Å². The second-order valence-corrected chi connectivity index (χ2v) is 8.59. The Labute approximate surface area is 205 Å². The fourth-order valence-corrected chi connectivity index (χ4v) is 3.87. The number of aromatic amines is 1. The average molecular weight is 502 g/mol. The lowest BCUT2D eigenvalue weighted by atomic mass is 10.0. The third-order valence-electron chi connectivity index (χ3n) is 5.37. The van der Waals surface area contributed by atoms with Crippen LogP contribution in [0.15, 0.2) is 54.7 Å². The summed E-state index contributed by atoms with van der Waals surface area (Å²) >= 11 is 4.21. The summed E-state index contributed by atoms with van der Waals surface area (Å²) in [6.07, 6.45) is 0.936. The van der Waals surface area contributed by atoms with Crippen molar-refractivity contribution in [3.8, 4) is 0 Å². The van der Waals surface area contributed by atoms with Crippen molar-refractivity contribution in [1.82, 2.24) is 15.6 Å². The molecule has 1 aromatic heterocycles.